The minimum Gasteiger partial charge on any atom is -1.00 e. The molecule has 5 heterocycles. The van der Waals surface area contributed by atoms with Gasteiger partial charge in [0.25, 0.3) is 0 Å². The van der Waals surface area contributed by atoms with Crippen molar-refractivity contribution < 1.29 is 104 Å². The number of H-pyrrole nitrogens is 4. The minimum absolute atomic E-state index is 0. The number of fused-ring (bicyclic) bond motifs is 8. The van der Waals surface area contributed by atoms with Crippen molar-refractivity contribution in [3.05, 3.63) is 213 Å². The molecule has 68 heavy (non-hydrogen) atoms. The number of carboxylic acids is 4. The van der Waals surface area contributed by atoms with Crippen LogP contribution in [0.3, 0.4) is 0 Å². The second-order valence-corrected chi connectivity index (χ2v) is 13.1. The zero-order valence-corrected chi connectivity index (χ0v) is 38.2. The van der Waals surface area contributed by atoms with Crippen LogP contribution in [0.25, 0.3) is 44.1 Å². The maximum atomic E-state index is 12.7. The van der Waals surface area contributed by atoms with Crippen LogP contribution in [0, 0.1) is 6.07 Å². The number of aromatic amines is 4. The van der Waals surface area contributed by atoms with Gasteiger partial charge >= 0.3 is 40.9 Å². The third-order valence-corrected chi connectivity index (χ3v) is 8.77. The number of carbonyl (C=O) groups is 4. The van der Waals surface area contributed by atoms with Crippen LogP contribution in [-0.4, -0.2) is 74.5 Å². The molecule has 0 aliphatic rings. The molecule has 0 aliphatic heterocycles. The van der Waals surface area contributed by atoms with Gasteiger partial charge in [-0.3, -0.25) is 9.59 Å². The number of nitrogens with one attached hydrogen (secondary N) is 4. The second kappa shape index (κ2) is 28.1. The number of halogens is 3. The molecular weight excluding hydrogens is 986 g/mol. The molecule has 0 spiro atoms. The van der Waals surface area contributed by atoms with Crippen molar-refractivity contribution in [1.82, 2.24) is 19.9 Å². The maximum absolute atomic E-state index is 12.7. The van der Waals surface area contributed by atoms with Crippen molar-refractivity contribution >= 4 is 68.0 Å². The summed E-state index contributed by atoms with van der Waals surface area (Å²) in [6.07, 6.45) is 0. The topological polar surface area (TPSA) is 287 Å². The third kappa shape index (κ3) is 16.1. The first-order valence-corrected chi connectivity index (χ1v) is 18.8. The Bertz CT molecular complexity index is 2950. The Balaban J connectivity index is 0.000000479. The summed E-state index contributed by atoms with van der Waals surface area (Å²) >= 11 is 0. The molecule has 0 unspecified atom stereocenters. The molecule has 350 valence electrons. The quantitative estimate of drug-likeness (QED) is 0.0768. The molecule has 5 aromatic heterocycles. The third-order valence-electron chi connectivity index (χ3n) is 8.77. The van der Waals surface area contributed by atoms with Gasteiger partial charge in [-0.1, -0.05) is 54.6 Å². The minimum atomic E-state index is -0.899. The number of aromatic hydroxyl groups is 2. The molecule has 9 aromatic rings. The average Bonchev–Trinajstić information content (AvgIpc) is 4.18. The Hall–Kier alpha value is -8.05. The number of hydrogen-bond acceptors (Lipinski definition) is 8. The van der Waals surface area contributed by atoms with E-state index in [9.17, 15) is 39.0 Å². The van der Waals surface area contributed by atoms with E-state index >= 15 is 0 Å². The Morgan fingerprint density at radius 1 is 0.338 bits per heavy atom. The Kier molecular flexibility index (Phi) is 23.9. The first-order valence-electron chi connectivity index (χ1n) is 18.8. The van der Waals surface area contributed by atoms with E-state index in [0.29, 0.717) is 44.3 Å². The van der Waals surface area contributed by atoms with Gasteiger partial charge in [0.05, 0.1) is 60.8 Å². The van der Waals surface area contributed by atoms with E-state index in [4.69, 9.17) is 20.4 Å². The number of hydrogen-bond donors (Lipinski definition) is 10. The average molecular weight is 1020 g/mol. The van der Waals surface area contributed by atoms with Crippen LogP contribution in [-0.2, 0) is 17.1 Å². The number of aromatic nitrogens is 4. The number of rotatable bonds is 4. The molecule has 0 aliphatic carbocycles. The van der Waals surface area contributed by atoms with E-state index in [0.717, 1.165) is 0 Å². The standard InChI is InChI=1S/C20H14N4O4.3C7H6O2.C7H5O2.3ClH.Mn/c25-17-9-1-2-10(21-9)18(26)12-5-6-14(23-12)20(28)16-8-7-15(24-16)19(27)13-4-3-11(17)22-13;4*8-7(9)6-4-2-1-3-5-6;;;;/h1-8,21-26H;3*1-5H,(H,8,9);2-5H,(H,8,9);3*1H;/q;;;;-1;;;;+3/p-3. The number of carboxylic acid groups (broad SMARTS) is 4. The van der Waals surface area contributed by atoms with Gasteiger partial charge in [-0.2, -0.15) is 30.3 Å². The molecule has 20 heteroatoms. The molecule has 0 saturated heterocycles. The van der Waals surface area contributed by atoms with Crippen molar-refractivity contribution in [3.8, 4) is 11.5 Å². The molecular formula is C48H37Cl3MnN4O12-. The van der Waals surface area contributed by atoms with Crippen LogP contribution >= 0.6 is 0 Å². The normalized spacial score (nSPS) is 9.41. The first kappa shape index (κ1) is 58.0. The molecule has 0 amide bonds. The zero-order valence-electron chi connectivity index (χ0n) is 34.7. The van der Waals surface area contributed by atoms with E-state index in [1.54, 1.807) is 140 Å². The summed E-state index contributed by atoms with van der Waals surface area (Å²) in [6.45, 7) is 0. The molecule has 16 nitrogen and oxygen atoms in total. The first-order chi connectivity index (χ1) is 30.7. The largest absolute Gasteiger partial charge is 3.00 e. The van der Waals surface area contributed by atoms with Crippen LogP contribution in [0.2, 0.25) is 0 Å². The molecule has 8 bridgehead atoms. The van der Waals surface area contributed by atoms with Crippen molar-refractivity contribution in [3.63, 3.8) is 0 Å². The smallest absolute Gasteiger partial charge is 1.00 e. The summed E-state index contributed by atoms with van der Waals surface area (Å²) in [6, 6.07) is 46.3. The van der Waals surface area contributed by atoms with E-state index in [2.05, 4.69) is 26.0 Å². The van der Waals surface area contributed by atoms with E-state index in [1.807, 2.05) is 0 Å². The molecule has 0 radical (unpaired) electrons. The van der Waals surface area contributed by atoms with Gasteiger partial charge in [0.1, 0.15) is 0 Å². The summed E-state index contributed by atoms with van der Waals surface area (Å²) in [5.41, 5.74) is 3.03. The fourth-order valence-corrected chi connectivity index (χ4v) is 5.51. The predicted molar refractivity (Wildman–Crippen MR) is 240 cm³/mol. The molecule has 10 N–H and O–H groups in total. The van der Waals surface area contributed by atoms with Crippen LogP contribution < -0.4 is 48.1 Å². The summed E-state index contributed by atoms with van der Waals surface area (Å²) in [4.78, 5) is 77.7. The Morgan fingerprint density at radius 2 is 0.544 bits per heavy atom. The fourth-order valence-electron chi connectivity index (χ4n) is 5.51. The summed E-state index contributed by atoms with van der Waals surface area (Å²) < 4.78 is 0. The molecule has 0 saturated carbocycles. The number of benzene rings is 4. The molecule has 9 rings (SSSR count). The van der Waals surface area contributed by atoms with Crippen LogP contribution in [0.5, 0.6) is 11.5 Å². The van der Waals surface area contributed by atoms with Gasteiger partial charge in [0, 0.05) is 0 Å². The van der Waals surface area contributed by atoms with Gasteiger partial charge in [-0.25, -0.2) is 19.2 Å². The van der Waals surface area contributed by atoms with Gasteiger partial charge < -0.3 is 87.8 Å². The van der Waals surface area contributed by atoms with Crippen molar-refractivity contribution in [1.29, 1.82) is 0 Å². The fraction of sp³-hybridized carbons (Fsp3) is 0. The van der Waals surface area contributed by atoms with E-state index in [1.165, 1.54) is 24.3 Å². The monoisotopic (exact) mass is 1020 g/mol. The van der Waals surface area contributed by atoms with Gasteiger partial charge in [-0.05, 0) is 90.5 Å². The van der Waals surface area contributed by atoms with Crippen molar-refractivity contribution in [2.24, 2.45) is 0 Å². The van der Waals surface area contributed by atoms with E-state index in [-0.39, 0.29) is 98.7 Å². The molecule has 0 fully saturated rings. The van der Waals surface area contributed by atoms with Gasteiger partial charge in [-0.15, -0.1) is 0 Å². The summed E-state index contributed by atoms with van der Waals surface area (Å²) in [5.74, 6) is -3.73. The van der Waals surface area contributed by atoms with Gasteiger partial charge in [0.15, 0.2) is 11.5 Å². The van der Waals surface area contributed by atoms with E-state index < -0.39 is 23.9 Å². The predicted octanol–water partition coefficient (Wildman–Crippen LogP) is -0.783. The molecule has 4 aromatic carbocycles. The SMILES string of the molecule is O=C(O)c1cc[c-]cc1.O=C(O)c1ccccc1.O=C(O)c1ccccc1.O=C(O)c1ccccc1.O=c1c2ccc([nH]2)c(O)c2ccc([nH]2)c(O)c2ccc([nH]2)c(=O)c2ccc1[nH]2.[Cl-].[Cl-].[Cl-].[Mn+3]. The van der Waals surface area contributed by atoms with Crippen LogP contribution in [0.4, 0.5) is 0 Å². The van der Waals surface area contributed by atoms with Crippen LogP contribution in [0.15, 0.2) is 173 Å². The zero-order chi connectivity index (χ0) is 46.2. The molecule has 0 atom stereocenters. The summed E-state index contributed by atoms with van der Waals surface area (Å²) in [7, 11) is 0. The van der Waals surface area contributed by atoms with Crippen molar-refractivity contribution in [2.75, 3.05) is 0 Å². The Labute approximate surface area is 414 Å². The van der Waals surface area contributed by atoms with Gasteiger partial charge in [0.2, 0.25) is 10.9 Å². The summed E-state index contributed by atoms with van der Waals surface area (Å²) in [5, 5.41) is 54.6. The number of aromatic carboxylic acids is 4. The maximum Gasteiger partial charge on any atom is 3.00 e. The van der Waals surface area contributed by atoms with Crippen LogP contribution in [0.1, 0.15) is 41.4 Å². The Morgan fingerprint density at radius 3 is 0.765 bits per heavy atom. The van der Waals surface area contributed by atoms with Crippen molar-refractivity contribution in [2.45, 2.75) is 0 Å². The second-order valence-electron chi connectivity index (χ2n) is 13.1.